The zero-order valence-electron chi connectivity index (χ0n) is 42.6. The largest absolute Gasteiger partial charge is 0.390 e. The lowest BCUT2D eigenvalue weighted by Crippen LogP contribution is -2.52. The molecule has 0 saturated carbocycles. The Bertz CT molecular complexity index is 1420. The predicted octanol–water partition coefficient (Wildman–Crippen LogP) is 16.9. The standard InChI is InChI=1S/C61H99NO4/c1-3-5-7-9-11-13-15-17-18-19-20-21-22-23-24-25-27-29-31-33-44-52-59(64)62-57(60(65)58(63)51-43-32-30-28-26-16-14-12-10-8-6-4-2)53-66-61(54-45-37-34-38-46-54,55-47-39-35-40-48-55)56-49-41-36-42-50-56/h34-42,45-50,57-58,60,63,65H,3-33,43-44,51-53H2,1-2H3,(H,62,64)/t57-,58+,60-/m0/s1. The number of nitrogens with one attached hydrogen (secondary N) is 1. The first-order valence-electron chi connectivity index (χ1n) is 28.0. The molecule has 372 valence electrons. The van der Waals surface area contributed by atoms with Crippen LogP contribution in [0.4, 0.5) is 0 Å². The Hall–Kier alpha value is -2.99. The SMILES string of the molecule is CCCCCCCCCCCCCCCCCCCCCCCC(=O)N[C@@H](COC(c1ccccc1)(c1ccccc1)c1ccccc1)[C@H](O)[C@H](O)CCCCCCCCCCCCCC. The van der Waals surface area contributed by atoms with Gasteiger partial charge in [-0.05, 0) is 29.5 Å². The molecule has 1 amide bonds. The summed E-state index contributed by atoms with van der Waals surface area (Å²) in [5.74, 6) is -0.0947. The Kier molecular flexibility index (Phi) is 33.8. The molecule has 66 heavy (non-hydrogen) atoms. The van der Waals surface area contributed by atoms with Crippen molar-refractivity contribution >= 4 is 5.91 Å². The van der Waals surface area contributed by atoms with E-state index in [-0.39, 0.29) is 12.5 Å². The van der Waals surface area contributed by atoms with Gasteiger partial charge in [0.2, 0.25) is 5.91 Å². The second-order valence-corrected chi connectivity index (χ2v) is 19.8. The average Bonchev–Trinajstić information content (AvgIpc) is 3.35. The highest BCUT2D eigenvalue weighted by Gasteiger charge is 2.39. The first-order chi connectivity index (χ1) is 32.5. The van der Waals surface area contributed by atoms with E-state index in [9.17, 15) is 15.0 Å². The Morgan fingerprint density at radius 3 is 1.05 bits per heavy atom. The minimum absolute atomic E-state index is 0.0282. The fraction of sp³-hybridized carbons (Fsp3) is 0.689. The van der Waals surface area contributed by atoms with Gasteiger partial charge in [-0.15, -0.1) is 0 Å². The number of amides is 1. The van der Waals surface area contributed by atoms with Crippen molar-refractivity contribution in [2.75, 3.05) is 6.61 Å². The fourth-order valence-electron chi connectivity index (χ4n) is 9.84. The molecular formula is C61H99NO4. The minimum atomic E-state index is -1.17. The van der Waals surface area contributed by atoms with Gasteiger partial charge in [0, 0.05) is 6.42 Å². The number of rotatable bonds is 44. The smallest absolute Gasteiger partial charge is 0.220 e. The molecule has 0 aromatic heterocycles. The highest BCUT2D eigenvalue weighted by molar-refractivity contribution is 5.76. The maximum absolute atomic E-state index is 13.6. The molecule has 0 unspecified atom stereocenters. The zero-order chi connectivity index (χ0) is 47.0. The molecule has 3 N–H and O–H groups in total. The summed E-state index contributed by atoms with van der Waals surface area (Å²) in [6.45, 7) is 4.59. The third-order valence-electron chi connectivity index (χ3n) is 14.0. The van der Waals surface area contributed by atoms with E-state index in [2.05, 4.69) is 55.6 Å². The third kappa shape index (κ3) is 24.9. The second kappa shape index (κ2) is 38.9. The Morgan fingerprint density at radius 2 is 0.727 bits per heavy atom. The van der Waals surface area contributed by atoms with Crippen molar-refractivity contribution in [1.29, 1.82) is 0 Å². The maximum Gasteiger partial charge on any atom is 0.220 e. The van der Waals surface area contributed by atoms with Crippen molar-refractivity contribution in [1.82, 2.24) is 5.32 Å². The van der Waals surface area contributed by atoms with Crippen LogP contribution in [0.5, 0.6) is 0 Å². The lowest BCUT2D eigenvalue weighted by Gasteiger charge is -2.38. The molecule has 5 heteroatoms. The van der Waals surface area contributed by atoms with Gasteiger partial charge in [0.15, 0.2) is 0 Å². The van der Waals surface area contributed by atoms with Gasteiger partial charge in [0.1, 0.15) is 11.7 Å². The summed E-state index contributed by atoms with van der Waals surface area (Å²) < 4.78 is 7.10. The summed E-state index contributed by atoms with van der Waals surface area (Å²) in [5.41, 5.74) is 1.87. The molecule has 3 rings (SSSR count). The van der Waals surface area contributed by atoms with Crippen molar-refractivity contribution in [3.8, 4) is 0 Å². The van der Waals surface area contributed by atoms with Crippen molar-refractivity contribution in [3.05, 3.63) is 108 Å². The summed E-state index contributed by atoms with van der Waals surface area (Å²) in [7, 11) is 0. The van der Waals surface area contributed by atoms with E-state index in [1.54, 1.807) is 0 Å². The molecule has 0 saturated heterocycles. The first-order valence-corrected chi connectivity index (χ1v) is 28.0. The highest BCUT2D eigenvalue weighted by atomic mass is 16.5. The summed E-state index contributed by atoms with van der Waals surface area (Å²) in [5, 5.41) is 26.4. The molecule has 0 aliphatic heterocycles. The lowest BCUT2D eigenvalue weighted by atomic mass is 9.80. The molecular weight excluding hydrogens is 811 g/mol. The van der Waals surface area contributed by atoms with Crippen LogP contribution >= 0.6 is 0 Å². The number of carbonyl (C=O) groups is 1. The number of aliphatic hydroxyl groups excluding tert-OH is 2. The fourth-order valence-corrected chi connectivity index (χ4v) is 9.84. The highest BCUT2D eigenvalue weighted by Crippen LogP contribution is 2.40. The molecule has 0 spiro atoms. The number of hydrogen-bond acceptors (Lipinski definition) is 4. The molecule has 3 atom stereocenters. The van der Waals surface area contributed by atoms with Crippen LogP contribution in [0.2, 0.25) is 0 Å². The summed E-state index contributed by atoms with van der Waals surface area (Å²) in [4.78, 5) is 13.6. The Balaban J connectivity index is 1.45. The van der Waals surface area contributed by atoms with E-state index >= 15 is 0 Å². The van der Waals surface area contributed by atoms with Gasteiger partial charge in [-0.25, -0.2) is 0 Å². The van der Waals surface area contributed by atoms with E-state index in [4.69, 9.17) is 4.74 Å². The van der Waals surface area contributed by atoms with Crippen LogP contribution in [0.15, 0.2) is 91.0 Å². The Morgan fingerprint density at radius 1 is 0.439 bits per heavy atom. The average molecular weight is 910 g/mol. The monoisotopic (exact) mass is 910 g/mol. The van der Waals surface area contributed by atoms with E-state index in [1.807, 2.05) is 54.6 Å². The molecule has 0 aliphatic rings. The quantitative estimate of drug-likeness (QED) is 0.0390. The van der Waals surface area contributed by atoms with Crippen molar-refractivity contribution in [2.24, 2.45) is 0 Å². The molecule has 0 aliphatic carbocycles. The van der Waals surface area contributed by atoms with Gasteiger partial charge < -0.3 is 20.3 Å². The Labute approximate surface area is 406 Å². The molecule has 3 aromatic carbocycles. The molecule has 0 heterocycles. The van der Waals surface area contributed by atoms with Crippen LogP contribution in [0, 0.1) is 0 Å². The first kappa shape index (κ1) is 57.3. The molecule has 0 radical (unpaired) electrons. The summed E-state index contributed by atoms with van der Waals surface area (Å²) in [6, 6.07) is 29.8. The van der Waals surface area contributed by atoms with Crippen LogP contribution in [-0.2, 0) is 15.1 Å². The molecule has 3 aromatic rings. The van der Waals surface area contributed by atoms with Gasteiger partial charge in [0.25, 0.3) is 0 Å². The van der Waals surface area contributed by atoms with E-state index < -0.39 is 23.9 Å². The topological polar surface area (TPSA) is 78.8 Å². The van der Waals surface area contributed by atoms with Gasteiger partial charge in [-0.3, -0.25) is 4.79 Å². The third-order valence-corrected chi connectivity index (χ3v) is 14.0. The van der Waals surface area contributed by atoms with Crippen molar-refractivity contribution in [3.63, 3.8) is 0 Å². The van der Waals surface area contributed by atoms with Gasteiger partial charge in [-0.1, -0.05) is 310 Å². The van der Waals surface area contributed by atoms with E-state index in [0.717, 1.165) is 55.2 Å². The predicted molar refractivity (Wildman–Crippen MR) is 282 cm³/mol. The zero-order valence-corrected chi connectivity index (χ0v) is 42.6. The van der Waals surface area contributed by atoms with E-state index in [1.165, 1.54) is 173 Å². The second-order valence-electron chi connectivity index (χ2n) is 19.8. The number of aliphatic hydroxyl groups is 2. The number of ether oxygens (including phenoxy) is 1. The van der Waals surface area contributed by atoms with Crippen LogP contribution in [-0.4, -0.2) is 41.0 Å². The molecule has 0 bridgehead atoms. The molecule has 5 nitrogen and oxygen atoms in total. The molecule has 0 fully saturated rings. The normalized spacial score (nSPS) is 13.2. The van der Waals surface area contributed by atoms with Crippen LogP contribution in [0.25, 0.3) is 0 Å². The van der Waals surface area contributed by atoms with Gasteiger partial charge in [-0.2, -0.15) is 0 Å². The van der Waals surface area contributed by atoms with Crippen LogP contribution < -0.4 is 5.32 Å². The summed E-state index contributed by atoms with van der Waals surface area (Å²) >= 11 is 0. The lowest BCUT2D eigenvalue weighted by molar-refractivity contribution is -0.126. The van der Waals surface area contributed by atoms with Crippen LogP contribution in [0.1, 0.15) is 255 Å². The van der Waals surface area contributed by atoms with Gasteiger partial charge in [0.05, 0.1) is 18.8 Å². The number of unbranched alkanes of at least 4 members (excludes halogenated alkanes) is 31. The maximum atomic E-state index is 13.6. The number of benzene rings is 3. The number of carbonyl (C=O) groups excluding carboxylic acids is 1. The van der Waals surface area contributed by atoms with Crippen molar-refractivity contribution in [2.45, 2.75) is 262 Å². The van der Waals surface area contributed by atoms with Crippen molar-refractivity contribution < 1.29 is 19.7 Å². The summed E-state index contributed by atoms with van der Waals surface area (Å²) in [6.07, 6.45) is 41.6. The number of hydrogen-bond donors (Lipinski definition) is 3. The minimum Gasteiger partial charge on any atom is -0.390 e. The van der Waals surface area contributed by atoms with Gasteiger partial charge >= 0.3 is 0 Å². The van der Waals surface area contributed by atoms with Crippen LogP contribution in [0.3, 0.4) is 0 Å². The van der Waals surface area contributed by atoms with E-state index in [0.29, 0.717) is 12.8 Å².